The van der Waals surface area contributed by atoms with Crippen LogP contribution in [0, 0.1) is 5.92 Å². The molecule has 0 bridgehead atoms. The highest BCUT2D eigenvalue weighted by Crippen LogP contribution is 2.16. The first kappa shape index (κ1) is 16.2. The molecule has 1 aromatic carbocycles. The Hall–Kier alpha value is -0.860. The number of benzene rings is 1. The number of nitrogens with one attached hydrogen (secondary N) is 1. The minimum Gasteiger partial charge on any atom is -0.385 e. The summed E-state index contributed by atoms with van der Waals surface area (Å²) in [7, 11) is 1.75. The monoisotopic (exact) mass is 263 g/mol. The molecule has 0 aromatic heterocycles. The van der Waals surface area contributed by atoms with Gasteiger partial charge in [-0.15, -0.1) is 0 Å². The van der Waals surface area contributed by atoms with E-state index in [2.05, 4.69) is 50.4 Å². The zero-order valence-corrected chi connectivity index (χ0v) is 12.9. The summed E-state index contributed by atoms with van der Waals surface area (Å²) in [4.78, 5) is 0. The van der Waals surface area contributed by atoms with Crippen molar-refractivity contribution < 1.29 is 4.74 Å². The molecule has 0 aliphatic heterocycles. The Morgan fingerprint density at radius 3 is 2.37 bits per heavy atom. The molecule has 1 unspecified atom stereocenters. The molecule has 0 radical (unpaired) electrons. The van der Waals surface area contributed by atoms with Crippen LogP contribution in [0.15, 0.2) is 24.3 Å². The van der Waals surface area contributed by atoms with E-state index < -0.39 is 0 Å². The molecule has 0 saturated carbocycles. The molecule has 1 aromatic rings. The molecule has 1 N–H and O–H groups in total. The number of rotatable bonds is 9. The van der Waals surface area contributed by atoms with Crippen molar-refractivity contribution in [2.45, 2.75) is 39.5 Å². The third-order valence-corrected chi connectivity index (χ3v) is 3.35. The average Bonchev–Trinajstić information content (AvgIpc) is 2.38. The first-order valence-electron chi connectivity index (χ1n) is 7.42. The molecule has 108 valence electrons. The summed E-state index contributed by atoms with van der Waals surface area (Å²) in [5.41, 5.74) is 2.87. The summed E-state index contributed by atoms with van der Waals surface area (Å²) in [5.74, 6) is 1.29. The van der Waals surface area contributed by atoms with E-state index >= 15 is 0 Å². The quantitative estimate of drug-likeness (QED) is 0.687. The van der Waals surface area contributed by atoms with Crippen LogP contribution < -0.4 is 5.32 Å². The molecule has 0 aliphatic rings. The predicted molar refractivity (Wildman–Crippen MR) is 82.8 cm³/mol. The second-order valence-electron chi connectivity index (χ2n) is 5.79. The average molecular weight is 263 g/mol. The van der Waals surface area contributed by atoms with Gasteiger partial charge in [-0.2, -0.15) is 0 Å². The lowest BCUT2D eigenvalue weighted by molar-refractivity contribution is 0.194. The molecule has 0 amide bonds. The Morgan fingerprint density at radius 1 is 1.11 bits per heavy atom. The second-order valence-corrected chi connectivity index (χ2v) is 5.79. The minimum atomic E-state index is 0.565. The van der Waals surface area contributed by atoms with Crippen molar-refractivity contribution in [1.29, 1.82) is 0 Å². The van der Waals surface area contributed by atoms with E-state index in [0.29, 0.717) is 5.92 Å². The lowest BCUT2D eigenvalue weighted by Crippen LogP contribution is -2.22. The molecule has 1 rings (SSSR count). The van der Waals surface area contributed by atoms with E-state index in [4.69, 9.17) is 4.74 Å². The molecule has 0 heterocycles. The molecular weight excluding hydrogens is 234 g/mol. The highest BCUT2D eigenvalue weighted by molar-refractivity contribution is 5.25. The smallest absolute Gasteiger partial charge is 0.0474 e. The van der Waals surface area contributed by atoms with E-state index in [-0.39, 0.29) is 0 Å². The first-order chi connectivity index (χ1) is 9.13. The maximum absolute atomic E-state index is 5.04. The maximum Gasteiger partial charge on any atom is 0.0474 e. The largest absolute Gasteiger partial charge is 0.385 e. The lowest BCUT2D eigenvalue weighted by Gasteiger charge is -2.14. The third-order valence-electron chi connectivity index (χ3n) is 3.35. The Labute approximate surface area is 118 Å². The van der Waals surface area contributed by atoms with Gasteiger partial charge in [0.2, 0.25) is 0 Å². The molecule has 2 nitrogen and oxygen atoms in total. The maximum atomic E-state index is 5.04. The Kier molecular flexibility index (Phi) is 7.76. The number of methoxy groups -OCH3 is 1. The third kappa shape index (κ3) is 6.74. The van der Waals surface area contributed by atoms with Crippen molar-refractivity contribution in [3.63, 3.8) is 0 Å². The zero-order valence-electron chi connectivity index (χ0n) is 12.9. The van der Waals surface area contributed by atoms with Gasteiger partial charge < -0.3 is 10.1 Å². The van der Waals surface area contributed by atoms with Gasteiger partial charge in [0.25, 0.3) is 0 Å². The van der Waals surface area contributed by atoms with E-state index in [0.717, 1.165) is 32.0 Å². The van der Waals surface area contributed by atoms with Crippen molar-refractivity contribution >= 4 is 0 Å². The van der Waals surface area contributed by atoms with Crippen LogP contribution >= 0.6 is 0 Å². The van der Waals surface area contributed by atoms with Crippen LogP contribution in [0.2, 0.25) is 0 Å². The molecular formula is C17H29NO. The van der Waals surface area contributed by atoms with Crippen molar-refractivity contribution in [1.82, 2.24) is 5.32 Å². The van der Waals surface area contributed by atoms with Gasteiger partial charge in [0, 0.05) is 20.3 Å². The number of hydrogen-bond acceptors (Lipinski definition) is 2. The normalized spacial score (nSPS) is 12.9. The molecule has 0 aliphatic carbocycles. The standard InChI is InChI=1S/C17H29NO/c1-14(2)12-16-6-8-17(9-7-16)15(3)13-18-10-5-11-19-4/h6-9,14-15,18H,5,10-13H2,1-4H3. The molecule has 1 atom stereocenters. The Bertz CT molecular complexity index is 332. The minimum absolute atomic E-state index is 0.565. The van der Waals surface area contributed by atoms with Crippen molar-refractivity contribution in [3.8, 4) is 0 Å². The van der Waals surface area contributed by atoms with Crippen LogP contribution in [0.4, 0.5) is 0 Å². The number of hydrogen-bond donors (Lipinski definition) is 1. The SMILES string of the molecule is COCCCNCC(C)c1ccc(CC(C)C)cc1. The fourth-order valence-corrected chi connectivity index (χ4v) is 2.23. The highest BCUT2D eigenvalue weighted by atomic mass is 16.5. The predicted octanol–water partition coefficient (Wildman–Crippen LogP) is 3.61. The van der Waals surface area contributed by atoms with Gasteiger partial charge in [-0.3, -0.25) is 0 Å². The fourth-order valence-electron chi connectivity index (χ4n) is 2.23. The van der Waals surface area contributed by atoms with Gasteiger partial charge in [0.05, 0.1) is 0 Å². The van der Waals surface area contributed by atoms with Gasteiger partial charge >= 0.3 is 0 Å². The van der Waals surface area contributed by atoms with Crippen LogP contribution in [-0.2, 0) is 11.2 Å². The summed E-state index contributed by atoms with van der Waals surface area (Å²) in [6.07, 6.45) is 2.25. The summed E-state index contributed by atoms with van der Waals surface area (Å²) >= 11 is 0. The van der Waals surface area contributed by atoms with Gasteiger partial charge in [-0.25, -0.2) is 0 Å². The topological polar surface area (TPSA) is 21.3 Å². The van der Waals surface area contributed by atoms with Gasteiger partial charge in [-0.1, -0.05) is 45.0 Å². The van der Waals surface area contributed by atoms with Gasteiger partial charge in [0.1, 0.15) is 0 Å². The molecule has 2 heteroatoms. The van der Waals surface area contributed by atoms with Crippen molar-refractivity contribution in [2.75, 3.05) is 26.8 Å². The highest BCUT2D eigenvalue weighted by Gasteiger charge is 2.05. The fraction of sp³-hybridized carbons (Fsp3) is 0.647. The zero-order chi connectivity index (χ0) is 14.1. The Morgan fingerprint density at radius 2 is 1.79 bits per heavy atom. The van der Waals surface area contributed by atoms with Crippen LogP contribution in [0.5, 0.6) is 0 Å². The lowest BCUT2D eigenvalue weighted by atomic mass is 9.97. The summed E-state index contributed by atoms with van der Waals surface area (Å²) in [5, 5.41) is 3.49. The van der Waals surface area contributed by atoms with Crippen molar-refractivity contribution in [2.24, 2.45) is 5.92 Å². The molecule has 19 heavy (non-hydrogen) atoms. The van der Waals surface area contributed by atoms with Gasteiger partial charge in [0.15, 0.2) is 0 Å². The van der Waals surface area contributed by atoms with Crippen molar-refractivity contribution in [3.05, 3.63) is 35.4 Å². The van der Waals surface area contributed by atoms with Crippen LogP contribution in [0.1, 0.15) is 44.2 Å². The van der Waals surface area contributed by atoms with E-state index in [1.54, 1.807) is 7.11 Å². The van der Waals surface area contributed by atoms with Crippen LogP contribution in [-0.4, -0.2) is 26.8 Å². The van der Waals surface area contributed by atoms with E-state index in [9.17, 15) is 0 Å². The molecule has 0 saturated heterocycles. The van der Waals surface area contributed by atoms with E-state index in [1.165, 1.54) is 17.5 Å². The first-order valence-corrected chi connectivity index (χ1v) is 7.42. The summed E-state index contributed by atoms with van der Waals surface area (Å²) in [6, 6.07) is 9.10. The van der Waals surface area contributed by atoms with E-state index in [1.807, 2.05) is 0 Å². The molecule has 0 spiro atoms. The van der Waals surface area contributed by atoms with Crippen LogP contribution in [0.25, 0.3) is 0 Å². The molecule has 0 fully saturated rings. The second kappa shape index (κ2) is 9.11. The summed E-state index contributed by atoms with van der Waals surface area (Å²) < 4.78 is 5.04. The summed E-state index contributed by atoms with van der Waals surface area (Å²) in [6.45, 7) is 9.71. The number of ether oxygens (including phenoxy) is 1. The van der Waals surface area contributed by atoms with Crippen LogP contribution in [0.3, 0.4) is 0 Å². The van der Waals surface area contributed by atoms with Gasteiger partial charge in [-0.05, 0) is 42.3 Å². The Balaban J connectivity index is 2.33.